The first-order chi connectivity index (χ1) is 8.88. The normalized spacial score (nSPS) is 12.1. The molecule has 0 radical (unpaired) electrons. The zero-order chi connectivity index (χ0) is 14.5. The maximum atomic E-state index is 11.8. The Morgan fingerprint density at radius 3 is 2.74 bits per heavy atom. The van der Waals surface area contributed by atoms with Gasteiger partial charge in [0, 0.05) is 5.56 Å². The predicted octanol–water partition coefficient (Wildman–Crippen LogP) is 0.824. The predicted molar refractivity (Wildman–Crippen MR) is 73.8 cm³/mol. The first-order valence-electron chi connectivity index (χ1n) is 5.44. The van der Waals surface area contributed by atoms with Gasteiger partial charge in [-0.1, -0.05) is 12.1 Å². The summed E-state index contributed by atoms with van der Waals surface area (Å²) in [4.78, 5) is 33.6. The minimum Gasteiger partial charge on any atom is -0.346 e. The van der Waals surface area contributed by atoms with Crippen molar-refractivity contribution in [3.8, 4) is 0 Å². The average molecular weight is 282 g/mol. The van der Waals surface area contributed by atoms with Crippen LogP contribution in [0.25, 0.3) is 0 Å². The Kier molecular flexibility index (Phi) is 5.18. The van der Waals surface area contributed by atoms with Crippen molar-refractivity contribution in [3.63, 3.8) is 0 Å². The standard InChI is InChI=1S/C12H15N2O4P/c1-3-10(13-2)8-14-12(15)9-5-4-6-11(7-9)19(16,17)18/h3-7H,2,8H2,1H3,(H,14,15)(H2,16,17,18)/b10-3-. The number of nitrogens with zero attached hydrogens (tertiary/aromatic N) is 1. The molecule has 0 saturated heterocycles. The first kappa shape index (κ1) is 15.3. The minimum absolute atomic E-state index is 0.181. The van der Waals surface area contributed by atoms with Gasteiger partial charge in [-0.25, -0.2) is 0 Å². The summed E-state index contributed by atoms with van der Waals surface area (Å²) in [5.74, 6) is -0.432. The molecule has 0 bridgehead atoms. The average Bonchev–Trinajstić information content (AvgIpc) is 2.39. The van der Waals surface area contributed by atoms with E-state index in [1.165, 1.54) is 24.3 Å². The maximum Gasteiger partial charge on any atom is 0.356 e. The Bertz CT molecular complexity index is 563. The molecule has 1 aromatic rings. The number of carbonyl (C=O) groups is 1. The van der Waals surface area contributed by atoms with Crippen LogP contribution in [0.1, 0.15) is 17.3 Å². The van der Waals surface area contributed by atoms with Gasteiger partial charge in [0.1, 0.15) is 0 Å². The summed E-state index contributed by atoms with van der Waals surface area (Å²) in [5, 5.41) is 2.40. The molecule has 6 nitrogen and oxygen atoms in total. The number of rotatable bonds is 5. The van der Waals surface area contributed by atoms with Crippen molar-refractivity contribution in [3.05, 3.63) is 41.6 Å². The highest BCUT2D eigenvalue weighted by Crippen LogP contribution is 2.32. The summed E-state index contributed by atoms with van der Waals surface area (Å²) in [6, 6.07) is 5.35. The van der Waals surface area contributed by atoms with Crippen LogP contribution in [0.3, 0.4) is 0 Å². The van der Waals surface area contributed by atoms with Gasteiger partial charge >= 0.3 is 7.60 Å². The number of allylic oxidation sites excluding steroid dienone is 1. The fourth-order valence-electron chi connectivity index (χ4n) is 1.35. The highest BCUT2D eigenvalue weighted by Gasteiger charge is 2.18. The molecule has 19 heavy (non-hydrogen) atoms. The van der Waals surface area contributed by atoms with Crippen LogP contribution in [0.15, 0.2) is 41.0 Å². The van der Waals surface area contributed by atoms with Crippen LogP contribution in [-0.4, -0.2) is 29.0 Å². The highest BCUT2D eigenvalue weighted by molar-refractivity contribution is 7.60. The van der Waals surface area contributed by atoms with E-state index in [4.69, 9.17) is 9.79 Å². The molecular formula is C12H15N2O4P. The summed E-state index contributed by atoms with van der Waals surface area (Å²) in [6.07, 6.45) is 1.71. The molecule has 0 unspecified atom stereocenters. The van der Waals surface area contributed by atoms with E-state index in [1.54, 1.807) is 13.0 Å². The monoisotopic (exact) mass is 282 g/mol. The molecule has 0 aromatic heterocycles. The molecule has 0 aliphatic carbocycles. The topological polar surface area (TPSA) is 99.0 Å². The molecule has 1 rings (SSSR count). The molecule has 0 atom stereocenters. The molecule has 102 valence electrons. The lowest BCUT2D eigenvalue weighted by Gasteiger charge is -2.08. The van der Waals surface area contributed by atoms with Crippen LogP contribution in [0.2, 0.25) is 0 Å². The van der Waals surface area contributed by atoms with Gasteiger partial charge in [-0.05, 0) is 31.8 Å². The van der Waals surface area contributed by atoms with Gasteiger partial charge in [0.15, 0.2) is 0 Å². The van der Waals surface area contributed by atoms with Gasteiger partial charge in [-0.15, -0.1) is 0 Å². The lowest BCUT2D eigenvalue weighted by atomic mass is 10.2. The van der Waals surface area contributed by atoms with Gasteiger partial charge < -0.3 is 15.1 Å². The number of hydrogen-bond acceptors (Lipinski definition) is 3. The molecule has 3 N–H and O–H groups in total. The van der Waals surface area contributed by atoms with Crippen LogP contribution in [0.4, 0.5) is 0 Å². The van der Waals surface area contributed by atoms with E-state index in [0.717, 1.165) is 0 Å². The number of benzene rings is 1. The summed E-state index contributed by atoms with van der Waals surface area (Å²) in [7, 11) is -4.35. The van der Waals surface area contributed by atoms with Gasteiger partial charge in [-0.3, -0.25) is 14.4 Å². The molecular weight excluding hydrogens is 267 g/mol. The molecule has 1 aromatic carbocycles. The molecule has 7 heteroatoms. The molecule has 0 aliphatic rings. The second-order valence-electron chi connectivity index (χ2n) is 3.72. The van der Waals surface area contributed by atoms with Crippen LogP contribution in [0, 0.1) is 0 Å². The summed E-state index contributed by atoms with van der Waals surface area (Å²) in [6.45, 7) is 5.33. The first-order valence-corrected chi connectivity index (χ1v) is 7.06. The molecule has 0 aliphatic heterocycles. The quantitative estimate of drug-likeness (QED) is 0.550. The fourth-order valence-corrected chi connectivity index (χ4v) is 1.94. The Morgan fingerprint density at radius 2 is 2.21 bits per heavy atom. The number of hydrogen-bond donors (Lipinski definition) is 3. The maximum absolute atomic E-state index is 11.8. The van der Waals surface area contributed by atoms with Crippen LogP contribution in [-0.2, 0) is 4.57 Å². The van der Waals surface area contributed by atoms with Gasteiger partial charge in [0.25, 0.3) is 5.91 Å². The van der Waals surface area contributed by atoms with Gasteiger partial charge in [-0.2, -0.15) is 0 Å². The fraction of sp³-hybridized carbons (Fsp3) is 0.167. The SMILES string of the molecule is C=N/C(=C\C)CNC(=O)c1cccc(P(=O)(O)O)c1. The summed E-state index contributed by atoms with van der Waals surface area (Å²) >= 11 is 0. The van der Waals surface area contributed by atoms with Crippen LogP contribution >= 0.6 is 7.60 Å². The van der Waals surface area contributed by atoms with E-state index in [0.29, 0.717) is 5.70 Å². The van der Waals surface area contributed by atoms with Crippen molar-refractivity contribution in [1.82, 2.24) is 5.32 Å². The Morgan fingerprint density at radius 1 is 1.53 bits per heavy atom. The summed E-state index contributed by atoms with van der Waals surface area (Å²) in [5.41, 5.74) is 0.792. The van der Waals surface area contributed by atoms with E-state index < -0.39 is 13.5 Å². The van der Waals surface area contributed by atoms with E-state index in [9.17, 15) is 9.36 Å². The van der Waals surface area contributed by atoms with Crippen molar-refractivity contribution in [1.29, 1.82) is 0 Å². The zero-order valence-corrected chi connectivity index (χ0v) is 11.3. The molecule has 0 heterocycles. The molecule has 1 amide bonds. The Balaban J connectivity index is 2.84. The van der Waals surface area contributed by atoms with Crippen molar-refractivity contribution < 1.29 is 19.1 Å². The van der Waals surface area contributed by atoms with E-state index in [2.05, 4.69) is 17.0 Å². The number of amides is 1. The lowest BCUT2D eigenvalue weighted by molar-refractivity contribution is 0.0957. The second-order valence-corrected chi connectivity index (χ2v) is 5.32. The Hall–Kier alpha value is -1.75. The van der Waals surface area contributed by atoms with Gasteiger partial charge in [0.05, 0.1) is 17.5 Å². The largest absolute Gasteiger partial charge is 0.356 e. The van der Waals surface area contributed by atoms with Crippen molar-refractivity contribution >= 4 is 25.5 Å². The third kappa shape index (κ3) is 4.44. The van der Waals surface area contributed by atoms with E-state index in [1.807, 2.05) is 0 Å². The van der Waals surface area contributed by atoms with Crippen LogP contribution in [0.5, 0.6) is 0 Å². The lowest BCUT2D eigenvalue weighted by Crippen LogP contribution is -2.26. The molecule has 0 saturated carbocycles. The van der Waals surface area contributed by atoms with E-state index in [-0.39, 0.29) is 17.4 Å². The second kappa shape index (κ2) is 6.43. The number of nitrogens with one attached hydrogen (secondary N) is 1. The van der Waals surface area contributed by atoms with Crippen molar-refractivity contribution in [2.45, 2.75) is 6.92 Å². The third-order valence-electron chi connectivity index (χ3n) is 2.41. The smallest absolute Gasteiger partial charge is 0.346 e. The minimum atomic E-state index is -4.35. The molecule has 0 spiro atoms. The zero-order valence-electron chi connectivity index (χ0n) is 10.4. The number of aliphatic imine (C=N–C) groups is 1. The van der Waals surface area contributed by atoms with E-state index >= 15 is 0 Å². The van der Waals surface area contributed by atoms with Crippen molar-refractivity contribution in [2.75, 3.05) is 6.54 Å². The van der Waals surface area contributed by atoms with Gasteiger partial charge in [0.2, 0.25) is 0 Å². The van der Waals surface area contributed by atoms with Crippen molar-refractivity contribution in [2.24, 2.45) is 4.99 Å². The highest BCUT2D eigenvalue weighted by atomic mass is 31.2. The number of carbonyl (C=O) groups excluding carboxylic acids is 1. The third-order valence-corrected chi connectivity index (χ3v) is 3.36. The molecule has 0 fully saturated rings. The summed E-state index contributed by atoms with van der Waals surface area (Å²) < 4.78 is 11.1. The van der Waals surface area contributed by atoms with Crippen LogP contribution < -0.4 is 10.6 Å². The Labute approximate surface area is 111 Å².